The van der Waals surface area contributed by atoms with Crippen LogP contribution in [0.2, 0.25) is 0 Å². The van der Waals surface area contributed by atoms with Gasteiger partial charge in [-0.15, -0.1) is 0 Å². The van der Waals surface area contributed by atoms with Crippen LogP contribution in [0.1, 0.15) is 11.1 Å². The second-order valence-corrected chi connectivity index (χ2v) is 6.68. The summed E-state index contributed by atoms with van der Waals surface area (Å²) in [6.45, 7) is 4.07. The number of hydrogen-bond acceptors (Lipinski definition) is 4. The molecule has 138 valence electrons. The molecule has 5 nitrogen and oxygen atoms in total. The van der Waals surface area contributed by atoms with E-state index in [9.17, 15) is 4.79 Å². The van der Waals surface area contributed by atoms with Crippen LogP contribution in [0.15, 0.2) is 89.7 Å². The third-order valence-corrected chi connectivity index (χ3v) is 4.42. The number of benzene rings is 2. The monoisotopic (exact) mass is 368 g/mol. The Labute approximate surface area is 164 Å². The zero-order valence-electron chi connectivity index (χ0n) is 15.8. The lowest BCUT2D eigenvalue weighted by Crippen LogP contribution is -2.32. The number of amides is 1. The molecule has 0 saturated carbocycles. The molecule has 0 unspecified atom stereocenters. The number of aromatic nitrogens is 1. The Kier molecular flexibility index (Phi) is 4.72. The van der Waals surface area contributed by atoms with Crippen LogP contribution in [0, 0.1) is 13.8 Å². The number of hydrogen-bond donors (Lipinski definition) is 1. The van der Waals surface area contributed by atoms with Crippen molar-refractivity contribution < 1.29 is 4.79 Å². The second kappa shape index (κ2) is 7.48. The number of nitrogens with one attached hydrogen (secondary N) is 1. The largest absolute Gasteiger partial charge is 0.352 e. The maximum Gasteiger partial charge on any atom is 0.260 e. The van der Waals surface area contributed by atoms with E-state index in [4.69, 9.17) is 4.99 Å². The van der Waals surface area contributed by atoms with Crippen LogP contribution in [0.4, 0.5) is 17.2 Å². The Bertz CT molecular complexity index is 1050. The Hall–Kier alpha value is -3.73. The van der Waals surface area contributed by atoms with Crippen LogP contribution in [0.25, 0.3) is 0 Å². The van der Waals surface area contributed by atoms with Crippen molar-refractivity contribution in [3.05, 3.63) is 95.8 Å². The summed E-state index contributed by atoms with van der Waals surface area (Å²) < 4.78 is 0. The molecule has 1 aromatic heterocycles. The van der Waals surface area contributed by atoms with E-state index in [1.165, 1.54) is 10.5 Å². The van der Waals surface area contributed by atoms with Crippen molar-refractivity contribution in [2.45, 2.75) is 13.8 Å². The topological polar surface area (TPSA) is 57.6 Å². The Morgan fingerprint density at radius 1 is 0.893 bits per heavy atom. The van der Waals surface area contributed by atoms with E-state index in [0.717, 1.165) is 16.9 Å². The van der Waals surface area contributed by atoms with E-state index in [2.05, 4.69) is 10.3 Å². The van der Waals surface area contributed by atoms with Gasteiger partial charge in [0.2, 0.25) is 0 Å². The molecule has 28 heavy (non-hydrogen) atoms. The van der Waals surface area contributed by atoms with E-state index in [0.29, 0.717) is 17.4 Å². The summed E-state index contributed by atoms with van der Waals surface area (Å²) in [4.78, 5) is 23.4. The standard InChI is InChI=1S/C23H20N4O/c1-16-6-10-18(11-7-16)25-20-15-22(28)27(21-5-3-4-14-24-21)23(20)26-19-12-8-17(2)9-13-19/h3-15,25H,1-2H3. The smallest absolute Gasteiger partial charge is 0.260 e. The Morgan fingerprint density at radius 2 is 1.57 bits per heavy atom. The number of rotatable bonds is 4. The second-order valence-electron chi connectivity index (χ2n) is 6.68. The van der Waals surface area contributed by atoms with Crippen LogP contribution < -0.4 is 10.2 Å². The van der Waals surface area contributed by atoms with Crippen LogP contribution in [-0.2, 0) is 4.79 Å². The predicted octanol–water partition coefficient (Wildman–Crippen LogP) is 4.77. The first kappa shape index (κ1) is 17.7. The van der Waals surface area contributed by atoms with E-state index >= 15 is 0 Å². The first-order valence-electron chi connectivity index (χ1n) is 9.06. The number of nitrogens with zero attached hydrogens (tertiary/aromatic N) is 3. The van der Waals surface area contributed by atoms with Crippen molar-refractivity contribution in [3.8, 4) is 0 Å². The molecule has 0 saturated heterocycles. The first-order chi connectivity index (χ1) is 13.6. The molecule has 1 aliphatic heterocycles. The van der Waals surface area contributed by atoms with Gasteiger partial charge in [0.25, 0.3) is 5.91 Å². The normalized spacial score (nSPS) is 15.1. The summed E-state index contributed by atoms with van der Waals surface area (Å²) in [5.41, 5.74) is 4.63. The fraction of sp³-hybridized carbons (Fsp3) is 0.0870. The molecule has 0 atom stereocenters. The fourth-order valence-electron chi connectivity index (χ4n) is 2.92. The maximum atomic E-state index is 12.8. The first-order valence-corrected chi connectivity index (χ1v) is 9.06. The van der Waals surface area contributed by atoms with E-state index in [-0.39, 0.29) is 5.91 Å². The van der Waals surface area contributed by atoms with Gasteiger partial charge in [0.1, 0.15) is 5.82 Å². The van der Waals surface area contributed by atoms with Gasteiger partial charge in [0.15, 0.2) is 5.84 Å². The zero-order chi connectivity index (χ0) is 19.5. The number of aryl methyl sites for hydroxylation is 2. The number of aliphatic imine (C=N–C) groups is 1. The van der Waals surface area contributed by atoms with Crippen molar-refractivity contribution in [3.63, 3.8) is 0 Å². The van der Waals surface area contributed by atoms with Crippen molar-refractivity contribution in [1.82, 2.24) is 4.98 Å². The summed E-state index contributed by atoms with van der Waals surface area (Å²) >= 11 is 0. The number of carbonyl (C=O) groups is 1. The molecule has 3 aromatic rings. The number of anilines is 2. The minimum Gasteiger partial charge on any atom is -0.352 e. The summed E-state index contributed by atoms with van der Waals surface area (Å²) in [6.07, 6.45) is 3.22. The van der Waals surface area contributed by atoms with Gasteiger partial charge in [-0.1, -0.05) is 41.5 Å². The van der Waals surface area contributed by atoms with Crippen LogP contribution in [0.5, 0.6) is 0 Å². The zero-order valence-corrected chi connectivity index (χ0v) is 15.8. The summed E-state index contributed by atoms with van der Waals surface area (Å²) in [6, 6.07) is 21.3. The minimum atomic E-state index is -0.181. The molecule has 0 bridgehead atoms. The van der Waals surface area contributed by atoms with E-state index < -0.39 is 0 Å². The number of carbonyl (C=O) groups excluding carboxylic acids is 1. The molecule has 1 aliphatic rings. The minimum absolute atomic E-state index is 0.181. The number of amidine groups is 1. The van der Waals surface area contributed by atoms with Gasteiger partial charge in [-0.3, -0.25) is 4.79 Å². The number of pyridine rings is 1. The molecule has 4 rings (SSSR count). The van der Waals surface area contributed by atoms with Crippen LogP contribution >= 0.6 is 0 Å². The van der Waals surface area contributed by atoms with Gasteiger partial charge in [0.05, 0.1) is 11.4 Å². The fourth-order valence-corrected chi connectivity index (χ4v) is 2.92. The van der Waals surface area contributed by atoms with Crippen molar-refractivity contribution >= 4 is 28.9 Å². The predicted molar refractivity (Wildman–Crippen MR) is 113 cm³/mol. The third kappa shape index (κ3) is 3.69. The summed E-state index contributed by atoms with van der Waals surface area (Å²) in [5.74, 6) is 0.877. The van der Waals surface area contributed by atoms with Gasteiger partial charge in [-0.2, -0.15) is 0 Å². The summed E-state index contributed by atoms with van der Waals surface area (Å²) in [5, 5.41) is 3.32. The van der Waals surface area contributed by atoms with E-state index in [1.807, 2.05) is 74.5 Å². The lowest BCUT2D eigenvalue weighted by molar-refractivity contribution is -0.113. The van der Waals surface area contributed by atoms with Crippen molar-refractivity contribution in [1.29, 1.82) is 0 Å². The SMILES string of the molecule is Cc1ccc(N=C2C(Nc3ccc(C)cc3)=CC(=O)N2c2ccccn2)cc1. The molecule has 0 spiro atoms. The molecular weight excluding hydrogens is 348 g/mol. The molecular formula is C23H20N4O. The Morgan fingerprint density at radius 3 is 2.21 bits per heavy atom. The molecule has 1 amide bonds. The third-order valence-electron chi connectivity index (χ3n) is 4.42. The molecule has 5 heteroatoms. The van der Waals surface area contributed by atoms with Gasteiger partial charge in [-0.25, -0.2) is 14.9 Å². The van der Waals surface area contributed by atoms with Crippen molar-refractivity contribution in [2.75, 3.05) is 10.2 Å². The van der Waals surface area contributed by atoms with Gasteiger partial charge in [0, 0.05) is 18.0 Å². The van der Waals surface area contributed by atoms with Crippen LogP contribution in [-0.4, -0.2) is 16.7 Å². The Balaban J connectivity index is 1.75. The highest BCUT2D eigenvalue weighted by molar-refractivity contribution is 6.33. The highest BCUT2D eigenvalue weighted by Gasteiger charge is 2.31. The van der Waals surface area contributed by atoms with Crippen LogP contribution in [0.3, 0.4) is 0 Å². The lowest BCUT2D eigenvalue weighted by atomic mass is 10.2. The summed E-state index contributed by atoms with van der Waals surface area (Å²) in [7, 11) is 0. The van der Waals surface area contributed by atoms with Crippen molar-refractivity contribution in [2.24, 2.45) is 4.99 Å². The van der Waals surface area contributed by atoms with Gasteiger partial charge >= 0.3 is 0 Å². The quantitative estimate of drug-likeness (QED) is 0.721. The molecule has 0 radical (unpaired) electrons. The maximum absolute atomic E-state index is 12.8. The molecule has 0 aliphatic carbocycles. The average Bonchev–Trinajstić information content (AvgIpc) is 3.01. The molecule has 2 aromatic carbocycles. The average molecular weight is 368 g/mol. The van der Waals surface area contributed by atoms with Gasteiger partial charge in [-0.05, 0) is 50.2 Å². The van der Waals surface area contributed by atoms with E-state index in [1.54, 1.807) is 18.3 Å². The van der Waals surface area contributed by atoms with Gasteiger partial charge < -0.3 is 5.32 Å². The molecule has 2 heterocycles. The highest BCUT2D eigenvalue weighted by Crippen LogP contribution is 2.26. The lowest BCUT2D eigenvalue weighted by Gasteiger charge is -2.18. The highest BCUT2D eigenvalue weighted by atomic mass is 16.2. The molecule has 0 fully saturated rings. The molecule has 1 N–H and O–H groups in total.